The van der Waals surface area contributed by atoms with Crippen molar-refractivity contribution in [2.24, 2.45) is 0 Å². The number of halogens is 1. The second kappa shape index (κ2) is 7.24. The number of amides is 1. The van der Waals surface area contributed by atoms with Gasteiger partial charge in [-0.1, -0.05) is 12.1 Å². The van der Waals surface area contributed by atoms with Crippen LogP contribution in [0, 0.1) is 5.82 Å². The number of nitrogens with one attached hydrogen (secondary N) is 1. The molecule has 0 aliphatic heterocycles. The Morgan fingerprint density at radius 3 is 2.38 bits per heavy atom. The second-order valence-electron chi connectivity index (χ2n) is 4.51. The van der Waals surface area contributed by atoms with Gasteiger partial charge in [-0.2, -0.15) is 0 Å². The summed E-state index contributed by atoms with van der Waals surface area (Å²) in [5.74, 6) is -0.604. The zero-order chi connectivity index (χ0) is 15.2. The molecule has 3 nitrogen and oxygen atoms in total. The summed E-state index contributed by atoms with van der Waals surface area (Å²) in [7, 11) is 0. The average Bonchev–Trinajstić information content (AvgIpc) is 2.53. The summed E-state index contributed by atoms with van der Waals surface area (Å²) < 4.78 is 12.8. The van der Waals surface area contributed by atoms with Crippen molar-refractivity contribution in [1.29, 1.82) is 0 Å². The maximum Gasteiger partial charge on any atom is 0.251 e. The van der Waals surface area contributed by atoms with Crippen LogP contribution in [0.5, 0.6) is 0 Å². The van der Waals surface area contributed by atoms with Crippen LogP contribution in [0.25, 0.3) is 0 Å². The molecule has 0 fully saturated rings. The summed E-state index contributed by atoms with van der Waals surface area (Å²) >= 11 is 1.60. The van der Waals surface area contributed by atoms with Crippen LogP contribution in [0.4, 0.5) is 4.39 Å². The van der Waals surface area contributed by atoms with Gasteiger partial charge in [0.15, 0.2) is 0 Å². The Hall–Kier alpha value is -1.85. The van der Waals surface area contributed by atoms with Crippen LogP contribution in [0.2, 0.25) is 0 Å². The van der Waals surface area contributed by atoms with Gasteiger partial charge in [0.2, 0.25) is 0 Å². The van der Waals surface area contributed by atoms with Crippen LogP contribution in [0.15, 0.2) is 53.4 Å². The first-order chi connectivity index (χ1) is 10.1. The minimum Gasteiger partial charge on any atom is -0.387 e. The lowest BCUT2D eigenvalue weighted by molar-refractivity contribution is 0.0916. The monoisotopic (exact) mass is 305 g/mol. The topological polar surface area (TPSA) is 49.3 Å². The number of aliphatic hydroxyl groups excluding tert-OH is 1. The van der Waals surface area contributed by atoms with Crippen molar-refractivity contribution in [3.05, 3.63) is 65.5 Å². The van der Waals surface area contributed by atoms with Gasteiger partial charge in [-0.05, 0) is 48.2 Å². The molecule has 2 aromatic rings. The van der Waals surface area contributed by atoms with Gasteiger partial charge in [0.05, 0.1) is 6.10 Å². The smallest absolute Gasteiger partial charge is 0.251 e. The predicted molar refractivity (Wildman–Crippen MR) is 81.9 cm³/mol. The molecule has 5 heteroatoms. The van der Waals surface area contributed by atoms with E-state index in [0.29, 0.717) is 11.1 Å². The summed E-state index contributed by atoms with van der Waals surface area (Å²) in [4.78, 5) is 13.0. The highest BCUT2D eigenvalue weighted by Crippen LogP contribution is 2.15. The van der Waals surface area contributed by atoms with Crippen molar-refractivity contribution in [3.63, 3.8) is 0 Å². The van der Waals surface area contributed by atoms with E-state index in [1.165, 1.54) is 24.3 Å². The molecule has 0 aromatic heterocycles. The normalized spacial score (nSPS) is 12.0. The van der Waals surface area contributed by atoms with Crippen LogP contribution in [-0.2, 0) is 0 Å². The number of benzene rings is 2. The summed E-state index contributed by atoms with van der Waals surface area (Å²) in [6.07, 6.45) is 1.11. The molecule has 2 N–H and O–H groups in total. The van der Waals surface area contributed by atoms with Crippen molar-refractivity contribution >= 4 is 17.7 Å². The lowest BCUT2D eigenvalue weighted by atomic mass is 10.1. The highest BCUT2D eigenvalue weighted by molar-refractivity contribution is 7.98. The Balaban J connectivity index is 1.92. The predicted octanol–water partition coefficient (Wildman–Crippen LogP) is 3.01. The summed E-state index contributed by atoms with van der Waals surface area (Å²) in [6, 6.07) is 12.8. The zero-order valence-electron chi connectivity index (χ0n) is 11.5. The van der Waals surface area contributed by atoms with Crippen LogP contribution in [0.1, 0.15) is 22.0 Å². The number of hydrogen-bond donors (Lipinski definition) is 2. The van der Waals surface area contributed by atoms with Gasteiger partial charge in [0.1, 0.15) is 5.82 Å². The van der Waals surface area contributed by atoms with E-state index < -0.39 is 6.10 Å². The highest BCUT2D eigenvalue weighted by atomic mass is 32.2. The fraction of sp³-hybridized carbons (Fsp3) is 0.188. The van der Waals surface area contributed by atoms with Gasteiger partial charge in [-0.25, -0.2) is 4.39 Å². The fourth-order valence-electron chi connectivity index (χ4n) is 1.84. The standard InChI is InChI=1S/C16H16FNO2S/c1-21-14-8-4-12(5-9-14)16(20)18-10-15(19)11-2-6-13(17)7-3-11/h2-9,15,19H,10H2,1H3,(H,18,20). The van der Waals surface area contributed by atoms with Crippen molar-refractivity contribution in [1.82, 2.24) is 5.32 Å². The Labute approximate surface area is 127 Å². The average molecular weight is 305 g/mol. The number of hydrogen-bond acceptors (Lipinski definition) is 3. The lowest BCUT2D eigenvalue weighted by Crippen LogP contribution is -2.28. The SMILES string of the molecule is CSc1ccc(C(=O)NCC(O)c2ccc(F)cc2)cc1. The highest BCUT2D eigenvalue weighted by Gasteiger charge is 2.11. The van der Waals surface area contributed by atoms with Crippen LogP contribution in [-0.4, -0.2) is 23.8 Å². The van der Waals surface area contributed by atoms with Crippen molar-refractivity contribution < 1.29 is 14.3 Å². The van der Waals surface area contributed by atoms with Gasteiger partial charge in [0, 0.05) is 17.0 Å². The van der Waals surface area contributed by atoms with Crippen molar-refractivity contribution in [2.75, 3.05) is 12.8 Å². The molecule has 2 aromatic carbocycles. The molecule has 0 saturated carbocycles. The number of thioether (sulfide) groups is 1. The zero-order valence-corrected chi connectivity index (χ0v) is 12.4. The van der Waals surface area contributed by atoms with E-state index >= 15 is 0 Å². The molecule has 0 radical (unpaired) electrons. The molecule has 0 aliphatic carbocycles. The van der Waals surface area contributed by atoms with Crippen LogP contribution < -0.4 is 5.32 Å². The molecule has 1 amide bonds. The second-order valence-corrected chi connectivity index (χ2v) is 5.39. The third-order valence-corrected chi connectivity index (χ3v) is 3.81. The molecule has 0 saturated heterocycles. The van der Waals surface area contributed by atoms with Gasteiger partial charge in [0.25, 0.3) is 5.91 Å². The van der Waals surface area contributed by atoms with E-state index in [1.807, 2.05) is 18.4 Å². The molecule has 2 rings (SSSR count). The van der Waals surface area contributed by atoms with Crippen LogP contribution >= 0.6 is 11.8 Å². The first kappa shape index (κ1) is 15.5. The van der Waals surface area contributed by atoms with E-state index in [1.54, 1.807) is 23.9 Å². The van der Waals surface area contributed by atoms with Crippen LogP contribution in [0.3, 0.4) is 0 Å². The summed E-state index contributed by atoms with van der Waals surface area (Å²) in [5, 5.41) is 12.6. The van der Waals surface area contributed by atoms with Crippen molar-refractivity contribution in [3.8, 4) is 0 Å². The van der Waals surface area contributed by atoms with Gasteiger partial charge >= 0.3 is 0 Å². The van der Waals surface area contributed by atoms with E-state index in [-0.39, 0.29) is 18.3 Å². The number of rotatable bonds is 5. The van der Waals surface area contributed by atoms with E-state index in [9.17, 15) is 14.3 Å². The molecule has 1 unspecified atom stereocenters. The molecule has 1 atom stereocenters. The molecule has 110 valence electrons. The van der Waals surface area contributed by atoms with Gasteiger partial charge < -0.3 is 10.4 Å². The van der Waals surface area contributed by atoms with Gasteiger partial charge in [-0.3, -0.25) is 4.79 Å². The summed E-state index contributed by atoms with van der Waals surface area (Å²) in [6.45, 7) is 0.0781. The molecular weight excluding hydrogens is 289 g/mol. The summed E-state index contributed by atoms with van der Waals surface area (Å²) in [5.41, 5.74) is 1.11. The van der Waals surface area contributed by atoms with Crippen molar-refractivity contribution in [2.45, 2.75) is 11.0 Å². The maximum absolute atomic E-state index is 12.8. The fourth-order valence-corrected chi connectivity index (χ4v) is 2.24. The van der Waals surface area contributed by atoms with Gasteiger partial charge in [-0.15, -0.1) is 11.8 Å². The molecule has 0 aliphatic rings. The lowest BCUT2D eigenvalue weighted by Gasteiger charge is -2.12. The molecule has 0 spiro atoms. The quantitative estimate of drug-likeness (QED) is 0.835. The number of carbonyl (C=O) groups excluding carboxylic acids is 1. The third kappa shape index (κ3) is 4.31. The largest absolute Gasteiger partial charge is 0.387 e. The first-order valence-electron chi connectivity index (χ1n) is 6.46. The number of aliphatic hydroxyl groups is 1. The van der Waals surface area contributed by atoms with E-state index in [0.717, 1.165) is 4.90 Å². The Morgan fingerprint density at radius 2 is 1.81 bits per heavy atom. The molecule has 0 heterocycles. The van der Waals surface area contributed by atoms with E-state index in [4.69, 9.17) is 0 Å². The maximum atomic E-state index is 12.8. The number of carbonyl (C=O) groups is 1. The Kier molecular flexibility index (Phi) is 5.36. The first-order valence-corrected chi connectivity index (χ1v) is 7.68. The molecular formula is C16H16FNO2S. The third-order valence-electron chi connectivity index (χ3n) is 3.06. The van der Waals surface area contributed by atoms with E-state index in [2.05, 4.69) is 5.32 Å². The molecule has 0 bridgehead atoms. The molecule has 21 heavy (non-hydrogen) atoms. The Bertz CT molecular complexity index is 599. The minimum absolute atomic E-state index is 0.0781. The Morgan fingerprint density at radius 1 is 1.19 bits per heavy atom. The minimum atomic E-state index is -0.861.